The van der Waals surface area contributed by atoms with Crippen molar-refractivity contribution in [1.29, 1.82) is 0 Å². The summed E-state index contributed by atoms with van der Waals surface area (Å²) in [6, 6.07) is 18.0. The van der Waals surface area contributed by atoms with Crippen molar-refractivity contribution in [2.75, 3.05) is 13.7 Å². The predicted molar refractivity (Wildman–Crippen MR) is 139 cm³/mol. The summed E-state index contributed by atoms with van der Waals surface area (Å²) in [7, 11) is 1.29. The first-order valence-corrected chi connectivity index (χ1v) is 12.0. The average molecular weight is 524 g/mol. The number of carbonyl (C=O) groups excluding carboxylic acids is 2. The van der Waals surface area contributed by atoms with Crippen molar-refractivity contribution < 1.29 is 28.4 Å². The van der Waals surface area contributed by atoms with Crippen molar-refractivity contribution in [3.05, 3.63) is 99.9 Å². The number of amides is 2. The summed E-state index contributed by atoms with van der Waals surface area (Å²) in [5, 5.41) is 14.0. The minimum Gasteiger partial charge on any atom is -0.490 e. The molecule has 3 rings (SSSR count). The van der Waals surface area contributed by atoms with E-state index in [0.29, 0.717) is 0 Å². The van der Waals surface area contributed by atoms with Gasteiger partial charge in [-0.25, -0.2) is 4.39 Å². The summed E-state index contributed by atoms with van der Waals surface area (Å²) >= 11 is 0. The standard InChI is InChI=1S/C28H30FN3O6/c1-19(2)30-28(34)25(15-20-9-5-4-6-10-20)31(17-21-11-7-8-12-23(21)29)27(33)18-38-22-13-14-24(32(35)36)26(16-22)37-3/h4-14,16,19,25H,15,17-18H2,1-3H3,(H,30,34). The molecule has 38 heavy (non-hydrogen) atoms. The molecule has 2 amide bonds. The predicted octanol–water partition coefficient (Wildman–Crippen LogP) is 4.29. The maximum absolute atomic E-state index is 14.6. The lowest BCUT2D eigenvalue weighted by molar-refractivity contribution is -0.385. The van der Waals surface area contributed by atoms with E-state index in [-0.39, 0.29) is 47.7 Å². The molecule has 0 saturated carbocycles. The number of nitrogens with zero attached hydrogens (tertiary/aromatic N) is 2. The van der Waals surface area contributed by atoms with Crippen LogP contribution in [0.2, 0.25) is 0 Å². The maximum atomic E-state index is 14.6. The highest BCUT2D eigenvalue weighted by atomic mass is 19.1. The Balaban J connectivity index is 1.92. The van der Waals surface area contributed by atoms with E-state index in [1.807, 2.05) is 44.2 Å². The molecule has 0 heterocycles. The van der Waals surface area contributed by atoms with Crippen LogP contribution < -0.4 is 14.8 Å². The highest BCUT2D eigenvalue weighted by Crippen LogP contribution is 2.31. The minimum atomic E-state index is -0.957. The van der Waals surface area contributed by atoms with Crippen molar-refractivity contribution >= 4 is 17.5 Å². The molecule has 10 heteroatoms. The summed E-state index contributed by atoms with van der Waals surface area (Å²) in [5.41, 5.74) is 0.817. The Morgan fingerprint density at radius 1 is 1.05 bits per heavy atom. The van der Waals surface area contributed by atoms with Crippen molar-refractivity contribution in [2.24, 2.45) is 0 Å². The van der Waals surface area contributed by atoms with Crippen LogP contribution >= 0.6 is 0 Å². The third-order valence-electron chi connectivity index (χ3n) is 5.71. The number of methoxy groups -OCH3 is 1. The third-order valence-corrected chi connectivity index (χ3v) is 5.71. The molecule has 0 aromatic heterocycles. The van der Waals surface area contributed by atoms with Gasteiger partial charge in [0.2, 0.25) is 11.7 Å². The third kappa shape index (κ3) is 7.52. The Hall–Kier alpha value is -4.47. The van der Waals surface area contributed by atoms with Gasteiger partial charge in [-0.3, -0.25) is 19.7 Å². The second-order valence-corrected chi connectivity index (χ2v) is 8.86. The van der Waals surface area contributed by atoms with Gasteiger partial charge in [0.15, 0.2) is 6.61 Å². The average Bonchev–Trinajstić information content (AvgIpc) is 2.90. The van der Waals surface area contributed by atoms with Gasteiger partial charge in [-0.1, -0.05) is 48.5 Å². The normalized spacial score (nSPS) is 11.5. The van der Waals surface area contributed by atoms with Crippen LogP contribution in [0.15, 0.2) is 72.8 Å². The van der Waals surface area contributed by atoms with Crippen molar-refractivity contribution in [3.63, 3.8) is 0 Å². The molecule has 0 radical (unpaired) electrons. The van der Waals surface area contributed by atoms with Gasteiger partial charge in [-0.15, -0.1) is 0 Å². The van der Waals surface area contributed by atoms with Crippen LogP contribution in [-0.2, 0) is 22.6 Å². The summed E-state index contributed by atoms with van der Waals surface area (Å²) in [6.45, 7) is 2.97. The molecule has 1 N–H and O–H groups in total. The van der Waals surface area contributed by atoms with Crippen LogP contribution in [0, 0.1) is 15.9 Å². The number of nitro groups is 1. The molecular weight excluding hydrogens is 493 g/mol. The number of benzene rings is 3. The number of nitro benzene ring substituents is 1. The van der Waals surface area contributed by atoms with E-state index in [1.165, 1.54) is 36.3 Å². The van der Waals surface area contributed by atoms with Crippen LogP contribution in [0.3, 0.4) is 0 Å². The fraction of sp³-hybridized carbons (Fsp3) is 0.286. The molecule has 0 bridgehead atoms. The highest BCUT2D eigenvalue weighted by Gasteiger charge is 2.31. The van der Waals surface area contributed by atoms with Crippen LogP contribution in [-0.4, -0.2) is 47.4 Å². The van der Waals surface area contributed by atoms with E-state index in [0.717, 1.165) is 5.56 Å². The summed E-state index contributed by atoms with van der Waals surface area (Å²) in [5.74, 6) is -1.32. The number of ether oxygens (including phenoxy) is 2. The largest absolute Gasteiger partial charge is 0.490 e. The van der Waals surface area contributed by atoms with Gasteiger partial charge in [0, 0.05) is 36.7 Å². The molecule has 0 spiro atoms. The molecular formula is C28H30FN3O6. The van der Waals surface area contributed by atoms with Crippen molar-refractivity contribution in [3.8, 4) is 11.5 Å². The zero-order chi connectivity index (χ0) is 27.7. The Labute approximate surface area is 220 Å². The van der Waals surface area contributed by atoms with Gasteiger partial charge in [0.25, 0.3) is 5.91 Å². The zero-order valence-corrected chi connectivity index (χ0v) is 21.4. The smallest absolute Gasteiger partial charge is 0.311 e. The van der Waals surface area contributed by atoms with Crippen LogP contribution in [0.25, 0.3) is 0 Å². The van der Waals surface area contributed by atoms with Crippen LogP contribution in [0.1, 0.15) is 25.0 Å². The molecule has 1 unspecified atom stereocenters. The fourth-order valence-electron chi connectivity index (χ4n) is 3.87. The molecule has 3 aromatic rings. The second kappa shape index (κ2) is 13.2. The second-order valence-electron chi connectivity index (χ2n) is 8.86. The van der Waals surface area contributed by atoms with E-state index in [4.69, 9.17) is 9.47 Å². The molecule has 0 fully saturated rings. The van der Waals surface area contributed by atoms with Gasteiger partial charge in [-0.05, 0) is 31.5 Å². The first-order valence-electron chi connectivity index (χ1n) is 12.0. The van der Waals surface area contributed by atoms with E-state index < -0.39 is 29.3 Å². The summed E-state index contributed by atoms with van der Waals surface area (Å²) in [4.78, 5) is 38.7. The number of carbonyl (C=O) groups is 2. The van der Waals surface area contributed by atoms with Gasteiger partial charge in [-0.2, -0.15) is 0 Å². The monoisotopic (exact) mass is 523 g/mol. The molecule has 0 aliphatic carbocycles. The molecule has 1 atom stereocenters. The summed E-state index contributed by atoms with van der Waals surface area (Å²) < 4.78 is 25.3. The van der Waals surface area contributed by atoms with E-state index in [1.54, 1.807) is 18.2 Å². The number of halogens is 1. The molecule has 3 aromatic carbocycles. The Bertz CT molecular complexity index is 1270. The van der Waals surface area contributed by atoms with Gasteiger partial charge >= 0.3 is 5.69 Å². The van der Waals surface area contributed by atoms with E-state index in [9.17, 15) is 24.1 Å². The van der Waals surface area contributed by atoms with Crippen LogP contribution in [0.4, 0.5) is 10.1 Å². The molecule has 0 aliphatic rings. The fourth-order valence-corrected chi connectivity index (χ4v) is 3.87. The first kappa shape index (κ1) is 28.1. The number of nitrogens with one attached hydrogen (secondary N) is 1. The Kier molecular flexibility index (Phi) is 9.75. The van der Waals surface area contributed by atoms with Crippen LogP contribution in [0.5, 0.6) is 11.5 Å². The highest BCUT2D eigenvalue weighted by molar-refractivity contribution is 5.88. The van der Waals surface area contributed by atoms with Gasteiger partial charge in [0.1, 0.15) is 17.6 Å². The molecule has 9 nitrogen and oxygen atoms in total. The van der Waals surface area contributed by atoms with Crippen molar-refractivity contribution in [2.45, 2.75) is 38.9 Å². The lowest BCUT2D eigenvalue weighted by Gasteiger charge is -2.32. The van der Waals surface area contributed by atoms with E-state index in [2.05, 4.69) is 5.32 Å². The minimum absolute atomic E-state index is 0.0265. The lowest BCUT2D eigenvalue weighted by Crippen LogP contribution is -2.53. The van der Waals surface area contributed by atoms with Gasteiger partial charge < -0.3 is 19.7 Å². The Morgan fingerprint density at radius 3 is 2.37 bits per heavy atom. The van der Waals surface area contributed by atoms with Crippen molar-refractivity contribution in [1.82, 2.24) is 10.2 Å². The van der Waals surface area contributed by atoms with E-state index >= 15 is 0 Å². The molecule has 0 saturated heterocycles. The maximum Gasteiger partial charge on any atom is 0.311 e. The lowest BCUT2D eigenvalue weighted by atomic mass is 10.0. The number of rotatable bonds is 12. The quantitative estimate of drug-likeness (QED) is 0.280. The topological polar surface area (TPSA) is 111 Å². The first-order chi connectivity index (χ1) is 18.2. The SMILES string of the molecule is COc1cc(OCC(=O)N(Cc2ccccc2F)C(Cc2ccccc2)C(=O)NC(C)C)ccc1[N+](=O)[O-]. The molecule has 200 valence electrons. The zero-order valence-electron chi connectivity index (χ0n) is 21.4. The van der Waals surface area contributed by atoms with Gasteiger partial charge in [0.05, 0.1) is 12.0 Å². The number of hydrogen-bond acceptors (Lipinski definition) is 6. The Morgan fingerprint density at radius 2 is 1.74 bits per heavy atom. The summed E-state index contributed by atoms with van der Waals surface area (Å²) in [6.07, 6.45) is 0.199. The molecule has 0 aliphatic heterocycles. The number of hydrogen-bond donors (Lipinski definition) is 1.